The lowest BCUT2D eigenvalue weighted by atomic mass is 10.4. The summed E-state index contributed by atoms with van der Waals surface area (Å²) in [4.78, 5) is 0. The van der Waals surface area contributed by atoms with E-state index >= 15 is 0 Å². The van der Waals surface area contributed by atoms with Crippen LogP contribution in [0.2, 0.25) is 0 Å². The minimum Gasteiger partial charge on any atom is -0.331 e. The average molecular weight is 213 g/mol. The predicted octanol–water partition coefficient (Wildman–Crippen LogP) is 4.19. The first-order valence-corrected chi connectivity index (χ1v) is 7.39. The summed E-state index contributed by atoms with van der Waals surface area (Å²) in [6, 6.07) is 0. The molecular formula is C7H14ClOPS. The molecule has 0 radical (unpaired) electrons. The Bertz CT molecular complexity index is 102. The molecule has 0 aliphatic rings. The first-order chi connectivity index (χ1) is 5.31. The van der Waals surface area contributed by atoms with Crippen LogP contribution in [-0.4, -0.2) is 12.4 Å². The van der Waals surface area contributed by atoms with Crippen LogP contribution in [0.3, 0.4) is 0 Å². The highest BCUT2D eigenvalue weighted by atomic mass is 35.7. The van der Waals surface area contributed by atoms with E-state index < -0.39 is 6.70 Å². The van der Waals surface area contributed by atoms with Crippen molar-refractivity contribution >= 4 is 29.3 Å². The molecule has 0 spiro atoms. The fourth-order valence-corrected chi connectivity index (χ4v) is 3.30. The molecule has 1 unspecified atom stereocenters. The molecule has 0 heterocycles. The third-order valence-electron chi connectivity index (χ3n) is 0.985. The van der Waals surface area contributed by atoms with Crippen molar-refractivity contribution < 1.29 is 4.52 Å². The Balaban J connectivity index is 3.08. The Morgan fingerprint density at radius 2 is 2.45 bits per heavy atom. The molecule has 0 rings (SSSR count). The molecule has 1 atom stereocenters. The molecular weight excluding hydrogens is 199 g/mol. The van der Waals surface area contributed by atoms with E-state index in [2.05, 4.69) is 13.5 Å². The number of halogens is 1. The Kier molecular flexibility index (Phi) is 9.48. The zero-order chi connectivity index (χ0) is 8.53. The minimum atomic E-state index is -0.780. The maximum Gasteiger partial charge on any atom is 0.188 e. The van der Waals surface area contributed by atoms with Gasteiger partial charge in [-0.25, -0.2) is 0 Å². The van der Waals surface area contributed by atoms with Crippen LogP contribution in [0.5, 0.6) is 0 Å². The van der Waals surface area contributed by atoms with Gasteiger partial charge < -0.3 is 4.52 Å². The third-order valence-corrected chi connectivity index (χ3v) is 4.65. The van der Waals surface area contributed by atoms with Gasteiger partial charge >= 0.3 is 0 Å². The summed E-state index contributed by atoms with van der Waals surface area (Å²) >= 11 is 7.55. The lowest BCUT2D eigenvalue weighted by Crippen LogP contribution is -1.79. The van der Waals surface area contributed by atoms with Crippen molar-refractivity contribution in [1.82, 2.24) is 0 Å². The Hall–Kier alpha value is 0.770. The molecule has 0 aromatic heterocycles. The highest BCUT2D eigenvalue weighted by molar-refractivity contribution is 8.61. The van der Waals surface area contributed by atoms with Crippen LogP contribution in [0, 0.1) is 0 Å². The standard InChI is InChI=1S/C7H14ClOPS/c1-3-5-7-11-10(8)9-6-4-2/h4H,2-3,5-7H2,1H3. The first kappa shape index (κ1) is 11.8. The molecule has 0 saturated carbocycles. The van der Waals surface area contributed by atoms with E-state index in [1.54, 1.807) is 17.5 Å². The van der Waals surface area contributed by atoms with Crippen molar-refractivity contribution in [2.45, 2.75) is 19.8 Å². The Morgan fingerprint density at radius 1 is 1.73 bits per heavy atom. The van der Waals surface area contributed by atoms with Crippen molar-refractivity contribution in [2.75, 3.05) is 12.4 Å². The second-order valence-electron chi connectivity index (χ2n) is 1.98. The summed E-state index contributed by atoms with van der Waals surface area (Å²) < 4.78 is 5.21. The summed E-state index contributed by atoms with van der Waals surface area (Å²) in [5.74, 6) is 1.10. The van der Waals surface area contributed by atoms with Gasteiger partial charge in [0.15, 0.2) is 6.70 Å². The lowest BCUT2D eigenvalue weighted by Gasteiger charge is -2.06. The van der Waals surface area contributed by atoms with E-state index in [-0.39, 0.29) is 0 Å². The van der Waals surface area contributed by atoms with Crippen LogP contribution in [0.1, 0.15) is 19.8 Å². The van der Waals surface area contributed by atoms with Gasteiger partial charge in [0, 0.05) is 5.75 Å². The van der Waals surface area contributed by atoms with Gasteiger partial charge in [-0.3, -0.25) is 0 Å². The molecule has 0 N–H and O–H groups in total. The average Bonchev–Trinajstić information content (AvgIpc) is 2.01. The largest absolute Gasteiger partial charge is 0.331 e. The number of unbranched alkanes of at least 4 members (excludes halogenated alkanes) is 1. The summed E-state index contributed by atoms with van der Waals surface area (Å²) in [7, 11) is 0. The van der Waals surface area contributed by atoms with E-state index in [0.29, 0.717) is 6.61 Å². The van der Waals surface area contributed by atoms with Gasteiger partial charge in [-0.2, -0.15) is 0 Å². The van der Waals surface area contributed by atoms with Crippen molar-refractivity contribution in [3.63, 3.8) is 0 Å². The van der Waals surface area contributed by atoms with E-state index in [1.165, 1.54) is 12.8 Å². The third kappa shape index (κ3) is 8.68. The van der Waals surface area contributed by atoms with Crippen LogP contribution in [0.25, 0.3) is 0 Å². The van der Waals surface area contributed by atoms with Gasteiger partial charge in [0.1, 0.15) is 0 Å². The molecule has 66 valence electrons. The van der Waals surface area contributed by atoms with E-state index in [0.717, 1.165) is 5.75 Å². The molecule has 0 fully saturated rings. The van der Waals surface area contributed by atoms with Gasteiger partial charge in [-0.1, -0.05) is 42.0 Å². The highest BCUT2D eigenvalue weighted by Crippen LogP contribution is 2.55. The minimum absolute atomic E-state index is 0.564. The molecule has 1 nitrogen and oxygen atoms in total. The fraction of sp³-hybridized carbons (Fsp3) is 0.714. The maximum atomic E-state index is 5.85. The molecule has 0 amide bonds. The van der Waals surface area contributed by atoms with Crippen LogP contribution >= 0.6 is 29.3 Å². The van der Waals surface area contributed by atoms with Gasteiger partial charge in [-0.15, -0.1) is 6.58 Å². The molecule has 0 aromatic carbocycles. The SMILES string of the molecule is C=CCOP(Cl)SCCCC. The van der Waals surface area contributed by atoms with E-state index in [9.17, 15) is 0 Å². The van der Waals surface area contributed by atoms with Gasteiger partial charge in [0.2, 0.25) is 0 Å². The van der Waals surface area contributed by atoms with E-state index in [4.69, 9.17) is 15.8 Å². The predicted molar refractivity (Wildman–Crippen MR) is 56.3 cm³/mol. The quantitative estimate of drug-likeness (QED) is 0.356. The molecule has 0 aromatic rings. The van der Waals surface area contributed by atoms with Crippen molar-refractivity contribution in [1.29, 1.82) is 0 Å². The topological polar surface area (TPSA) is 9.23 Å². The Morgan fingerprint density at radius 3 is 3.00 bits per heavy atom. The van der Waals surface area contributed by atoms with Crippen LogP contribution < -0.4 is 0 Å². The molecule has 0 saturated heterocycles. The van der Waals surface area contributed by atoms with E-state index in [1.807, 2.05) is 0 Å². The maximum absolute atomic E-state index is 5.85. The smallest absolute Gasteiger partial charge is 0.188 e. The van der Waals surface area contributed by atoms with Crippen molar-refractivity contribution in [2.24, 2.45) is 0 Å². The summed E-state index contributed by atoms with van der Waals surface area (Å²) in [6.45, 7) is 5.50. The molecule has 11 heavy (non-hydrogen) atoms. The van der Waals surface area contributed by atoms with Gasteiger partial charge in [-0.05, 0) is 6.42 Å². The molecule has 0 aliphatic heterocycles. The van der Waals surface area contributed by atoms with Crippen molar-refractivity contribution in [3.8, 4) is 0 Å². The lowest BCUT2D eigenvalue weighted by molar-refractivity contribution is 0.421. The van der Waals surface area contributed by atoms with Crippen LogP contribution in [0.4, 0.5) is 0 Å². The molecule has 4 heteroatoms. The number of hydrogen-bond donors (Lipinski definition) is 0. The first-order valence-electron chi connectivity index (χ1n) is 3.64. The van der Waals surface area contributed by atoms with Gasteiger partial charge in [0.25, 0.3) is 0 Å². The second-order valence-corrected chi connectivity index (χ2v) is 6.63. The summed E-state index contributed by atoms with van der Waals surface area (Å²) in [5.41, 5.74) is 0. The zero-order valence-corrected chi connectivity index (χ0v) is 9.22. The van der Waals surface area contributed by atoms with Crippen molar-refractivity contribution in [3.05, 3.63) is 12.7 Å². The summed E-state index contributed by atoms with van der Waals surface area (Å²) in [6.07, 6.45) is 4.15. The van der Waals surface area contributed by atoms with Crippen LogP contribution in [0.15, 0.2) is 12.7 Å². The highest BCUT2D eigenvalue weighted by Gasteiger charge is 2.02. The second kappa shape index (κ2) is 8.86. The normalized spacial score (nSPS) is 12.9. The number of rotatable bonds is 7. The van der Waals surface area contributed by atoms with Crippen LogP contribution in [-0.2, 0) is 4.52 Å². The summed E-state index contributed by atoms with van der Waals surface area (Å²) in [5, 5.41) is 0. The fourth-order valence-electron chi connectivity index (χ4n) is 0.429. The monoisotopic (exact) mass is 212 g/mol. The molecule has 0 bridgehead atoms. The van der Waals surface area contributed by atoms with Gasteiger partial charge in [0.05, 0.1) is 6.61 Å². The zero-order valence-electron chi connectivity index (χ0n) is 6.75. The number of hydrogen-bond acceptors (Lipinski definition) is 2. The molecule has 0 aliphatic carbocycles. The Labute approximate surface area is 78.9 Å².